The molecule has 0 unspecified atom stereocenters. The SMILES string of the molecule is C=CCN(C)CCCCCCOc1ccc2c(c1)CCCN2S(=O)(=O)Nc1ccc(C#N)cc1. The first-order chi connectivity index (χ1) is 16.4. The van der Waals surface area contributed by atoms with Gasteiger partial charge in [0.1, 0.15) is 5.75 Å². The molecule has 0 bridgehead atoms. The molecule has 182 valence electrons. The second-order valence-electron chi connectivity index (χ2n) is 8.58. The van der Waals surface area contributed by atoms with Crippen molar-refractivity contribution in [3.05, 3.63) is 66.2 Å². The van der Waals surface area contributed by atoms with Crippen LogP contribution in [0.3, 0.4) is 0 Å². The number of hydrogen-bond donors (Lipinski definition) is 1. The fraction of sp³-hybridized carbons (Fsp3) is 0.423. The zero-order valence-electron chi connectivity index (χ0n) is 19.9. The Kier molecular flexibility index (Phi) is 9.37. The third-order valence-corrected chi connectivity index (χ3v) is 7.27. The fourth-order valence-corrected chi connectivity index (χ4v) is 5.38. The van der Waals surface area contributed by atoms with Crippen LogP contribution in [0.25, 0.3) is 0 Å². The van der Waals surface area contributed by atoms with Gasteiger partial charge in [-0.15, -0.1) is 6.58 Å². The Hall–Kier alpha value is -3.02. The number of nitrogens with zero attached hydrogens (tertiary/aromatic N) is 3. The van der Waals surface area contributed by atoms with Gasteiger partial charge in [-0.2, -0.15) is 13.7 Å². The Morgan fingerprint density at radius 3 is 2.68 bits per heavy atom. The lowest BCUT2D eigenvalue weighted by molar-refractivity contribution is 0.300. The lowest BCUT2D eigenvalue weighted by Gasteiger charge is -2.31. The monoisotopic (exact) mass is 482 g/mol. The van der Waals surface area contributed by atoms with E-state index in [9.17, 15) is 8.42 Å². The molecule has 1 heterocycles. The third-order valence-electron chi connectivity index (χ3n) is 5.82. The molecular weight excluding hydrogens is 448 g/mol. The number of likely N-dealkylation sites (N-methyl/N-ethyl adjacent to an activating group) is 1. The van der Waals surface area contributed by atoms with Crippen molar-refractivity contribution >= 4 is 21.6 Å². The molecule has 1 aliphatic heterocycles. The summed E-state index contributed by atoms with van der Waals surface area (Å²) >= 11 is 0. The maximum absolute atomic E-state index is 13.0. The minimum absolute atomic E-state index is 0.417. The van der Waals surface area contributed by atoms with Crippen molar-refractivity contribution in [2.45, 2.75) is 38.5 Å². The maximum atomic E-state index is 13.0. The predicted molar refractivity (Wildman–Crippen MR) is 137 cm³/mol. The van der Waals surface area contributed by atoms with Gasteiger partial charge in [-0.25, -0.2) is 0 Å². The van der Waals surface area contributed by atoms with Crippen LogP contribution < -0.4 is 13.8 Å². The van der Waals surface area contributed by atoms with E-state index in [0.29, 0.717) is 30.1 Å². The first-order valence-corrected chi connectivity index (χ1v) is 13.2. The average molecular weight is 483 g/mol. The molecule has 0 aliphatic carbocycles. The molecule has 3 rings (SSSR count). The minimum atomic E-state index is -3.77. The number of ether oxygens (including phenoxy) is 1. The van der Waals surface area contributed by atoms with Gasteiger partial charge in [0.2, 0.25) is 0 Å². The van der Waals surface area contributed by atoms with Gasteiger partial charge >= 0.3 is 10.2 Å². The van der Waals surface area contributed by atoms with Crippen LogP contribution in [0.2, 0.25) is 0 Å². The second-order valence-corrected chi connectivity index (χ2v) is 10.2. The fourth-order valence-electron chi connectivity index (χ4n) is 4.03. The molecule has 34 heavy (non-hydrogen) atoms. The highest BCUT2D eigenvalue weighted by Gasteiger charge is 2.27. The van der Waals surface area contributed by atoms with Crippen LogP contribution in [0.4, 0.5) is 11.4 Å². The van der Waals surface area contributed by atoms with E-state index in [1.54, 1.807) is 24.3 Å². The van der Waals surface area contributed by atoms with Crippen molar-refractivity contribution in [2.75, 3.05) is 42.3 Å². The Morgan fingerprint density at radius 1 is 1.18 bits per heavy atom. The van der Waals surface area contributed by atoms with Gasteiger partial charge in [-0.3, -0.25) is 9.03 Å². The first-order valence-electron chi connectivity index (χ1n) is 11.8. The zero-order valence-corrected chi connectivity index (χ0v) is 20.7. The van der Waals surface area contributed by atoms with Gasteiger partial charge < -0.3 is 9.64 Å². The van der Waals surface area contributed by atoms with E-state index in [-0.39, 0.29) is 0 Å². The van der Waals surface area contributed by atoms with Crippen LogP contribution in [-0.4, -0.2) is 46.6 Å². The molecule has 0 radical (unpaired) electrons. The molecule has 2 aromatic rings. The van der Waals surface area contributed by atoms with E-state index < -0.39 is 10.2 Å². The number of rotatable bonds is 13. The molecule has 0 spiro atoms. The number of nitrogens with one attached hydrogen (secondary N) is 1. The van der Waals surface area contributed by atoms with E-state index in [1.165, 1.54) is 17.1 Å². The summed E-state index contributed by atoms with van der Waals surface area (Å²) in [5.41, 5.74) is 2.57. The molecular formula is C26H34N4O3S. The van der Waals surface area contributed by atoms with E-state index >= 15 is 0 Å². The summed E-state index contributed by atoms with van der Waals surface area (Å²) in [6.07, 6.45) is 7.95. The Balaban J connectivity index is 1.52. The Morgan fingerprint density at radius 2 is 1.94 bits per heavy atom. The summed E-state index contributed by atoms with van der Waals surface area (Å²) in [7, 11) is -1.66. The van der Waals surface area contributed by atoms with E-state index in [2.05, 4.69) is 23.2 Å². The summed E-state index contributed by atoms with van der Waals surface area (Å²) < 4.78 is 36.1. The van der Waals surface area contributed by atoms with Gasteiger partial charge in [-0.1, -0.05) is 18.9 Å². The molecule has 0 atom stereocenters. The van der Waals surface area contributed by atoms with E-state index in [0.717, 1.165) is 50.1 Å². The van der Waals surface area contributed by atoms with E-state index in [1.807, 2.05) is 30.3 Å². The number of benzene rings is 2. The van der Waals surface area contributed by atoms with Crippen LogP contribution >= 0.6 is 0 Å². The standard InChI is InChI=1S/C26H34N4O3S/c1-3-16-29(2)17-6-4-5-7-19-33-25-14-15-26-23(20-25)9-8-18-30(26)34(31,32)28-24-12-10-22(21-27)11-13-24/h3,10-15,20,28H,1,4-9,16-19H2,2H3. The predicted octanol–water partition coefficient (Wildman–Crippen LogP) is 4.72. The first kappa shape index (κ1) is 25.6. The highest BCUT2D eigenvalue weighted by Crippen LogP contribution is 2.33. The third kappa shape index (κ3) is 7.24. The van der Waals surface area contributed by atoms with Crippen molar-refractivity contribution in [3.63, 3.8) is 0 Å². The Bertz CT molecular complexity index is 1090. The van der Waals surface area contributed by atoms with Crippen LogP contribution in [0.15, 0.2) is 55.1 Å². The highest BCUT2D eigenvalue weighted by molar-refractivity contribution is 7.94. The van der Waals surface area contributed by atoms with E-state index in [4.69, 9.17) is 10.00 Å². The molecule has 0 fully saturated rings. The highest BCUT2D eigenvalue weighted by atomic mass is 32.2. The van der Waals surface area contributed by atoms with Crippen molar-refractivity contribution in [2.24, 2.45) is 0 Å². The topological polar surface area (TPSA) is 85.7 Å². The number of anilines is 2. The molecule has 0 saturated heterocycles. The molecule has 1 N–H and O–H groups in total. The second kappa shape index (κ2) is 12.4. The zero-order chi connectivity index (χ0) is 24.4. The lowest BCUT2D eigenvalue weighted by Crippen LogP contribution is -2.39. The number of aryl methyl sites for hydroxylation is 1. The van der Waals surface area contributed by atoms with Gasteiger partial charge in [0.15, 0.2) is 0 Å². The summed E-state index contributed by atoms with van der Waals surface area (Å²) in [6, 6.07) is 14.0. The van der Waals surface area contributed by atoms with Crippen molar-refractivity contribution in [1.82, 2.24) is 4.90 Å². The van der Waals surface area contributed by atoms with Gasteiger partial charge in [0, 0.05) is 13.1 Å². The van der Waals surface area contributed by atoms with Crippen molar-refractivity contribution in [1.29, 1.82) is 5.26 Å². The van der Waals surface area contributed by atoms with Crippen LogP contribution in [-0.2, 0) is 16.6 Å². The summed E-state index contributed by atoms with van der Waals surface area (Å²) in [6.45, 7) is 6.84. The average Bonchev–Trinajstić information content (AvgIpc) is 2.83. The molecule has 7 nitrogen and oxygen atoms in total. The molecule has 8 heteroatoms. The summed E-state index contributed by atoms with van der Waals surface area (Å²) in [5.74, 6) is 0.781. The maximum Gasteiger partial charge on any atom is 0.323 e. The molecule has 0 aromatic heterocycles. The number of unbranched alkanes of at least 4 members (excludes halogenated alkanes) is 3. The van der Waals surface area contributed by atoms with Gasteiger partial charge in [0.05, 0.1) is 29.6 Å². The van der Waals surface area contributed by atoms with Crippen LogP contribution in [0, 0.1) is 11.3 Å². The van der Waals surface area contributed by atoms with Gasteiger partial charge in [0.25, 0.3) is 0 Å². The van der Waals surface area contributed by atoms with Crippen LogP contribution in [0.1, 0.15) is 43.2 Å². The quantitative estimate of drug-likeness (QED) is 0.330. The number of nitriles is 1. The minimum Gasteiger partial charge on any atom is -0.494 e. The Labute approximate surface area is 203 Å². The van der Waals surface area contributed by atoms with Crippen molar-refractivity contribution in [3.8, 4) is 11.8 Å². The smallest absolute Gasteiger partial charge is 0.323 e. The molecule has 0 saturated carbocycles. The molecule has 2 aromatic carbocycles. The van der Waals surface area contributed by atoms with Crippen molar-refractivity contribution < 1.29 is 13.2 Å². The number of hydrogen-bond acceptors (Lipinski definition) is 5. The largest absolute Gasteiger partial charge is 0.494 e. The van der Waals surface area contributed by atoms with Gasteiger partial charge in [-0.05, 0) is 87.3 Å². The summed E-state index contributed by atoms with van der Waals surface area (Å²) in [5, 5.41) is 8.92. The lowest BCUT2D eigenvalue weighted by atomic mass is 10.0. The van der Waals surface area contributed by atoms with Crippen LogP contribution in [0.5, 0.6) is 5.75 Å². The summed E-state index contributed by atoms with van der Waals surface area (Å²) in [4.78, 5) is 2.26. The number of fused-ring (bicyclic) bond motifs is 1. The normalized spacial score (nSPS) is 13.3. The molecule has 1 aliphatic rings. The molecule has 0 amide bonds.